The Morgan fingerprint density at radius 3 is 2.55 bits per heavy atom. The van der Waals surface area contributed by atoms with Crippen molar-refractivity contribution < 1.29 is 18.3 Å². The fourth-order valence-corrected chi connectivity index (χ4v) is 1.67. The minimum Gasteiger partial charge on any atom is -0.457 e. The van der Waals surface area contributed by atoms with Gasteiger partial charge in [0.15, 0.2) is 0 Å². The van der Waals surface area contributed by atoms with E-state index in [4.69, 9.17) is 22.1 Å². The Balaban J connectivity index is 2.06. The van der Waals surface area contributed by atoms with Crippen molar-refractivity contribution in [1.82, 2.24) is 0 Å². The van der Waals surface area contributed by atoms with Crippen LogP contribution in [0.25, 0.3) is 0 Å². The van der Waals surface area contributed by atoms with Crippen molar-refractivity contribution in [2.75, 3.05) is 5.73 Å². The third-order valence-corrected chi connectivity index (χ3v) is 2.87. The van der Waals surface area contributed by atoms with Gasteiger partial charge in [0.25, 0.3) is 0 Å². The molecule has 20 heavy (non-hydrogen) atoms. The molecule has 2 rings (SSSR count). The molecule has 104 valence electrons. The molecule has 0 saturated carbocycles. The lowest BCUT2D eigenvalue weighted by Gasteiger charge is -2.07. The first-order valence-electron chi connectivity index (χ1n) is 5.63. The van der Waals surface area contributed by atoms with Crippen LogP contribution in [0.2, 0.25) is 5.02 Å². The number of hydrogen-bond acceptors (Lipinski definition) is 3. The second kappa shape index (κ2) is 5.88. The van der Waals surface area contributed by atoms with Crippen molar-refractivity contribution in [3.63, 3.8) is 0 Å². The van der Waals surface area contributed by atoms with Gasteiger partial charge in [0, 0.05) is 5.69 Å². The minimum atomic E-state index is -0.849. The summed E-state index contributed by atoms with van der Waals surface area (Å²) >= 11 is 5.53. The number of carbonyl (C=O) groups excluding carboxylic acids is 1. The maximum atomic E-state index is 13.5. The molecule has 0 spiro atoms. The van der Waals surface area contributed by atoms with Gasteiger partial charge in [-0.2, -0.15) is 0 Å². The number of anilines is 1. The smallest absolute Gasteiger partial charge is 0.341 e. The maximum absolute atomic E-state index is 13.5. The molecule has 0 bridgehead atoms. The second-order valence-corrected chi connectivity index (χ2v) is 4.47. The summed E-state index contributed by atoms with van der Waals surface area (Å²) in [6, 6.07) is 7.66. The molecule has 2 N–H and O–H groups in total. The number of hydrogen-bond donors (Lipinski definition) is 1. The Hall–Kier alpha value is -2.14. The van der Waals surface area contributed by atoms with Crippen molar-refractivity contribution >= 4 is 23.3 Å². The summed E-state index contributed by atoms with van der Waals surface area (Å²) in [6.07, 6.45) is 0. The van der Waals surface area contributed by atoms with Gasteiger partial charge in [-0.15, -0.1) is 0 Å². The number of carbonyl (C=O) groups is 1. The Labute approximate surface area is 118 Å². The van der Waals surface area contributed by atoms with Gasteiger partial charge in [0.05, 0.1) is 10.6 Å². The van der Waals surface area contributed by atoms with Crippen molar-refractivity contribution in [3.8, 4) is 0 Å². The minimum absolute atomic E-state index is 0.0235. The van der Waals surface area contributed by atoms with E-state index in [-0.39, 0.29) is 22.9 Å². The van der Waals surface area contributed by atoms with Crippen LogP contribution in [0, 0.1) is 11.6 Å². The fourth-order valence-electron chi connectivity index (χ4n) is 1.55. The van der Waals surface area contributed by atoms with Gasteiger partial charge in [0.2, 0.25) is 0 Å². The molecule has 0 saturated heterocycles. The van der Waals surface area contributed by atoms with Crippen LogP contribution in [0.1, 0.15) is 15.9 Å². The van der Waals surface area contributed by atoms with Crippen LogP contribution in [0.4, 0.5) is 14.5 Å². The lowest BCUT2D eigenvalue weighted by Crippen LogP contribution is -2.08. The molecule has 0 aliphatic heterocycles. The summed E-state index contributed by atoms with van der Waals surface area (Å²) in [5.74, 6) is -2.23. The first-order valence-corrected chi connectivity index (χ1v) is 6.01. The van der Waals surface area contributed by atoms with Crippen molar-refractivity contribution in [2.45, 2.75) is 6.61 Å². The van der Waals surface area contributed by atoms with Crippen molar-refractivity contribution in [1.29, 1.82) is 0 Å². The highest BCUT2D eigenvalue weighted by Crippen LogP contribution is 2.17. The lowest BCUT2D eigenvalue weighted by atomic mass is 10.2. The molecular formula is C14H10ClF2NO2. The summed E-state index contributed by atoms with van der Waals surface area (Å²) in [5.41, 5.74) is 5.77. The number of esters is 1. The summed E-state index contributed by atoms with van der Waals surface area (Å²) in [6.45, 7) is -0.184. The molecule has 0 unspecified atom stereocenters. The SMILES string of the molecule is Nc1ccc(C(=O)OCc2ccc(Cl)c(F)c2)c(F)c1. The van der Waals surface area contributed by atoms with E-state index < -0.39 is 17.6 Å². The summed E-state index contributed by atoms with van der Waals surface area (Å²) in [5, 5.41) is -0.0235. The number of nitrogens with two attached hydrogens (primary N) is 1. The van der Waals surface area contributed by atoms with E-state index in [0.29, 0.717) is 5.56 Å². The van der Waals surface area contributed by atoms with Crippen LogP contribution in [0.15, 0.2) is 36.4 Å². The van der Waals surface area contributed by atoms with Crippen molar-refractivity contribution in [2.24, 2.45) is 0 Å². The van der Waals surface area contributed by atoms with E-state index in [1.54, 1.807) is 0 Å². The number of benzene rings is 2. The van der Waals surface area contributed by atoms with E-state index in [0.717, 1.165) is 12.1 Å². The summed E-state index contributed by atoms with van der Waals surface area (Å²) in [4.78, 5) is 11.7. The van der Waals surface area contributed by atoms with Gasteiger partial charge < -0.3 is 10.5 Å². The van der Waals surface area contributed by atoms with Crippen LogP contribution in [0.3, 0.4) is 0 Å². The normalized spacial score (nSPS) is 10.3. The molecule has 2 aromatic carbocycles. The summed E-state index contributed by atoms with van der Waals surface area (Å²) in [7, 11) is 0. The Bertz CT molecular complexity index is 662. The monoisotopic (exact) mass is 297 g/mol. The highest BCUT2D eigenvalue weighted by Gasteiger charge is 2.13. The van der Waals surface area contributed by atoms with E-state index in [1.807, 2.05) is 0 Å². The van der Waals surface area contributed by atoms with Crippen LogP contribution in [-0.4, -0.2) is 5.97 Å². The summed E-state index contributed by atoms with van der Waals surface area (Å²) < 4.78 is 31.6. The Morgan fingerprint density at radius 2 is 1.90 bits per heavy atom. The topological polar surface area (TPSA) is 52.3 Å². The predicted octanol–water partition coefficient (Wildman–Crippen LogP) is 3.56. The molecule has 2 aromatic rings. The van der Waals surface area contributed by atoms with E-state index >= 15 is 0 Å². The van der Waals surface area contributed by atoms with Crippen LogP contribution >= 0.6 is 11.6 Å². The lowest BCUT2D eigenvalue weighted by molar-refractivity contribution is 0.0467. The zero-order valence-electron chi connectivity index (χ0n) is 10.2. The molecular weight excluding hydrogens is 288 g/mol. The average molecular weight is 298 g/mol. The van der Waals surface area contributed by atoms with Crippen LogP contribution in [0.5, 0.6) is 0 Å². The van der Waals surface area contributed by atoms with Crippen LogP contribution in [-0.2, 0) is 11.3 Å². The quantitative estimate of drug-likeness (QED) is 0.696. The van der Waals surface area contributed by atoms with Gasteiger partial charge in [-0.3, -0.25) is 0 Å². The highest BCUT2D eigenvalue weighted by molar-refractivity contribution is 6.30. The molecule has 0 amide bonds. The number of ether oxygens (including phenoxy) is 1. The van der Waals surface area contributed by atoms with E-state index in [1.165, 1.54) is 24.3 Å². The largest absolute Gasteiger partial charge is 0.457 e. The number of nitrogen functional groups attached to an aromatic ring is 1. The zero-order valence-corrected chi connectivity index (χ0v) is 11.0. The third-order valence-electron chi connectivity index (χ3n) is 2.57. The number of rotatable bonds is 3. The van der Waals surface area contributed by atoms with Gasteiger partial charge >= 0.3 is 5.97 Å². The van der Waals surface area contributed by atoms with Gasteiger partial charge in [-0.1, -0.05) is 17.7 Å². The zero-order chi connectivity index (χ0) is 14.7. The van der Waals surface area contributed by atoms with E-state index in [2.05, 4.69) is 0 Å². The molecule has 0 radical (unpaired) electrons. The molecule has 0 aliphatic carbocycles. The molecule has 0 aromatic heterocycles. The second-order valence-electron chi connectivity index (χ2n) is 4.06. The van der Waals surface area contributed by atoms with E-state index in [9.17, 15) is 13.6 Å². The average Bonchev–Trinajstić information content (AvgIpc) is 2.40. The number of halogens is 3. The highest BCUT2D eigenvalue weighted by atomic mass is 35.5. The predicted molar refractivity (Wildman–Crippen MR) is 71.3 cm³/mol. The molecule has 6 heteroatoms. The van der Waals surface area contributed by atoms with Gasteiger partial charge in [-0.05, 0) is 35.9 Å². The first-order chi connectivity index (χ1) is 9.47. The fraction of sp³-hybridized carbons (Fsp3) is 0.0714. The first kappa shape index (κ1) is 14.3. The molecule has 0 atom stereocenters. The molecule has 0 aliphatic rings. The van der Waals surface area contributed by atoms with Gasteiger partial charge in [-0.25, -0.2) is 13.6 Å². The molecule has 0 fully saturated rings. The Kier molecular flexibility index (Phi) is 4.20. The standard InChI is InChI=1S/C14H10ClF2NO2/c15-11-4-1-8(5-13(11)17)7-20-14(19)10-3-2-9(18)6-12(10)16/h1-6H,7,18H2. The van der Waals surface area contributed by atoms with Crippen molar-refractivity contribution in [3.05, 3.63) is 64.2 Å². The molecule has 0 heterocycles. The van der Waals surface area contributed by atoms with Gasteiger partial charge in [0.1, 0.15) is 18.2 Å². The third kappa shape index (κ3) is 3.24. The maximum Gasteiger partial charge on any atom is 0.341 e. The Morgan fingerprint density at radius 1 is 1.15 bits per heavy atom. The van der Waals surface area contributed by atoms with Crippen LogP contribution < -0.4 is 5.73 Å². The molecule has 3 nitrogen and oxygen atoms in total.